The summed E-state index contributed by atoms with van der Waals surface area (Å²) < 4.78 is 68.4. The van der Waals surface area contributed by atoms with Crippen LogP contribution in [-0.2, 0) is 87.0 Å². The number of methoxy groups -OCH3 is 1. The van der Waals surface area contributed by atoms with Crippen LogP contribution in [0.4, 0.5) is 0 Å². The molecule has 0 N–H and O–H groups in total. The van der Waals surface area contributed by atoms with Gasteiger partial charge in [-0.1, -0.05) is 188 Å². The third-order valence-electron chi connectivity index (χ3n) is 12.6. The van der Waals surface area contributed by atoms with E-state index in [1.807, 2.05) is 171 Å². The maximum Gasteiger partial charge on any atom is 0.187 e. The number of hydrogen-bond donors (Lipinski definition) is 0. The van der Waals surface area contributed by atoms with E-state index in [9.17, 15) is 0 Å². The fourth-order valence-electron chi connectivity index (χ4n) is 9.03. The summed E-state index contributed by atoms with van der Waals surface area (Å²) in [6.07, 6.45) is -7.33. The molecule has 7 aromatic carbocycles. The van der Waals surface area contributed by atoms with Crippen molar-refractivity contribution in [2.45, 2.75) is 108 Å². The zero-order valence-corrected chi connectivity index (χ0v) is 39.3. The molecule has 10 heteroatoms. The minimum Gasteiger partial charge on any atom is -0.374 e. The molecule has 9 rings (SSSR count). The van der Waals surface area contributed by atoms with Gasteiger partial charge in [-0.25, -0.2) is 0 Å². The van der Waals surface area contributed by atoms with Crippen molar-refractivity contribution < 1.29 is 47.4 Å². The molecule has 2 fully saturated rings. The molecule has 0 amide bonds. The molecule has 2 aliphatic heterocycles. The fraction of sp³-hybridized carbons (Fsp3) is 0.322. The third-order valence-corrected chi connectivity index (χ3v) is 12.6. The zero-order valence-electron chi connectivity index (χ0n) is 39.3. The van der Waals surface area contributed by atoms with Crippen molar-refractivity contribution >= 4 is 10.8 Å². The largest absolute Gasteiger partial charge is 0.374 e. The molecule has 2 saturated heterocycles. The van der Waals surface area contributed by atoms with E-state index in [0.29, 0.717) is 26.4 Å². The Bertz CT molecular complexity index is 2550. The molecular formula is C59H62O10. The Balaban J connectivity index is 1.05. The van der Waals surface area contributed by atoms with E-state index in [0.717, 1.165) is 38.8 Å². The molecule has 2 aliphatic rings. The molecule has 0 aliphatic carbocycles. The summed E-state index contributed by atoms with van der Waals surface area (Å²) in [4.78, 5) is 0. The Kier molecular flexibility index (Phi) is 17.4. The van der Waals surface area contributed by atoms with Crippen LogP contribution >= 0.6 is 0 Å². The van der Waals surface area contributed by atoms with Crippen molar-refractivity contribution in [2.24, 2.45) is 0 Å². The van der Waals surface area contributed by atoms with Gasteiger partial charge in [0.05, 0.1) is 52.4 Å². The predicted molar refractivity (Wildman–Crippen MR) is 264 cm³/mol. The van der Waals surface area contributed by atoms with Gasteiger partial charge in [0.25, 0.3) is 0 Å². The van der Waals surface area contributed by atoms with Crippen molar-refractivity contribution in [3.63, 3.8) is 0 Å². The molecule has 0 unspecified atom stereocenters. The first kappa shape index (κ1) is 48.4. The summed E-state index contributed by atoms with van der Waals surface area (Å²) in [6, 6.07) is 65.1. The summed E-state index contributed by atoms with van der Waals surface area (Å²) in [5.41, 5.74) is 6.07. The topological polar surface area (TPSA) is 92.3 Å². The van der Waals surface area contributed by atoms with E-state index >= 15 is 0 Å². The number of benzene rings is 7. The van der Waals surface area contributed by atoms with E-state index in [2.05, 4.69) is 30.3 Å². The molecule has 10 atom stereocenters. The lowest BCUT2D eigenvalue weighted by Crippen LogP contribution is -2.65. The van der Waals surface area contributed by atoms with Gasteiger partial charge in [-0.3, -0.25) is 0 Å². The van der Waals surface area contributed by atoms with Gasteiger partial charge >= 0.3 is 0 Å². The highest BCUT2D eigenvalue weighted by molar-refractivity contribution is 5.82. The monoisotopic (exact) mass is 930 g/mol. The summed E-state index contributed by atoms with van der Waals surface area (Å²) in [5.74, 6) is 0. The van der Waals surface area contributed by atoms with Crippen LogP contribution in [0.1, 0.15) is 40.3 Å². The van der Waals surface area contributed by atoms with Gasteiger partial charge in [0, 0.05) is 7.11 Å². The lowest BCUT2D eigenvalue weighted by molar-refractivity contribution is -0.378. The van der Waals surface area contributed by atoms with Crippen molar-refractivity contribution in [3.05, 3.63) is 228 Å². The van der Waals surface area contributed by atoms with Crippen LogP contribution in [0.15, 0.2) is 194 Å². The molecule has 0 radical (unpaired) electrons. The third kappa shape index (κ3) is 13.2. The molecule has 0 saturated carbocycles. The molecule has 2 heterocycles. The lowest BCUT2D eigenvalue weighted by Gasteiger charge is -2.49. The zero-order chi connectivity index (χ0) is 47.0. The van der Waals surface area contributed by atoms with E-state index in [-0.39, 0.29) is 19.8 Å². The first-order valence-corrected chi connectivity index (χ1v) is 23.9. The normalized spacial score (nSPS) is 24.8. The van der Waals surface area contributed by atoms with Gasteiger partial charge in [-0.05, 0) is 57.1 Å². The van der Waals surface area contributed by atoms with Crippen LogP contribution in [0.5, 0.6) is 0 Å². The van der Waals surface area contributed by atoms with E-state index < -0.39 is 61.4 Å². The predicted octanol–water partition coefficient (Wildman–Crippen LogP) is 10.8. The van der Waals surface area contributed by atoms with Gasteiger partial charge < -0.3 is 47.4 Å². The Morgan fingerprint density at radius 2 is 0.783 bits per heavy atom. The summed E-state index contributed by atoms with van der Waals surface area (Å²) in [7, 11) is 1.61. The molecular weight excluding hydrogens is 869 g/mol. The summed E-state index contributed by atoms with van der Waals surface area (Å²) in [5, 5.41) is 2.31. The highest BCUT2D eigenvalue weighted by Gasteiger charge is 2.54. The molecule has 10 nitrogen and oxygen atoms in total. The van der Waals surface area contributed by atoms with Gasteiger partial charge in [0.2, 0.25) is 0 Å². The van der Waals surface area contributed by atoms with E-state index in [1.165, 1.54) is 5.39 Å². The Morgan fingerprint density at radius 1 is 0.362 bits per heavy atom. The van der Waals surface area contributed by atoms with Crippen molar-refractivity contribution in [1.29, 1.82) is 0 Å². The van der Waals surface area contributed by atoms with Gasteiger partial charge in [-0.2, -0.15) is 0 Å². The first-order chi connectivity index (χ1) is 34.1. The minimum absolute atomic E-state index is 0.206. The second kappa shape index (κ2) is 24.8. The maximum absolute atomic E-state index is 7.28. The Hall–Kier alpha value is -5.60. The second-order valence-electron chi connectivity index (χ2n) is 17.6. The number of ether oxygens (including phenoxy) is 10. The van der Waals surface area contributed by atoms with E-state index in [1.54, 1.807) is 7.11 Å². The quantitative estimate of drug-likeness (QED) is 0.0654. The minimum atomic E-state index is -1.00. The number of rotatable bonds is 22. The summed E-state index contributed by atoms with van der Waals surface area (Å²) >= 11 is 0. The van der Waals surface area contributed by atoms with Crippen LogP contribution in [0.2, 0.25) is 0 Å². The fourth-order valence-corrected chi connectivity index (χ4v) is 9.03. The Morgan fingerprint density at radius 3 is 1.30 bits per heavy atom. The molecule has 0 bridgehead atoms. The smallest absolute Gasteiger partial charge is 0.187 e. The van der Waals surface area contributed by atoms with Crippen LogP contribution in [0.3, 0.4) is 0 Å². The molecule has 7 aromatic rings. The SMILES string of the molecule is CO[C@@H]1O[C@H](COCc2ccccc2)[C@H](OCc2ccccc2)[C@H](OCc2ccccc2)[C@H]1O[C@@H]1O[C@@H](C)[C@@H](OCc2ccc3ccccc3c2)[C@@H](OCc2ccccc2)[C@@H]1OCc1ccccc1. The molecule has 0 aromatic heterocycles. The molecule has 69 heavy (non-hydrogen) atoms. The van der Waals surface area contributed by atoms with Crippen molar-refractivity contribution in [2.75, 3.05) is 13.7 Å². The summed E-state index contributed by atoms with van der Waals surface area (Å²) in [6.45, 7) is 4.06. The van der Waals surface area contributed by atoms with Crippen LogP contribution < -0.4 is 0 Å². The maximum atomic E-state index is 7.28. The lowest BCUT2D eigenvalue weighted by atomic mass is 9.96. The highest BCUT2D eigenvalue weighted by atomic mass is 16.8. The van der Waals surface area contributed by atoms with Crippen LogP contribution in [0.25, 0.3) is 10.8 Å². The number of hydrogen-bond acceptors (Lipinski definition) is 10. The molecule has 0 spiro atoms. The van der Waals surface area contributed by atoms with Crippen LogP contribution in [-0.4, -0.2) is 75.1 Å². The average molecular weight is 931 g/mol. The Labute approximate surface area is 405 Å². The van der Waals surface area contributed by atoms with Crippen molar-refractivity contribution in [3.8, 4) is 0 Å². The standard InChI is InChI=1S/C59H62O10/c1-42-52(62-40-48-32-33-49-30-18-19-31-50(49)34-48)54(64-37-45-24-12-5-13-25-45)56(66-39-47-28-16-7-17-29-47)59(67-42)69-57-55(65-38-46-26-14-6-15-27-46)53(63-36-44-22-10-4-11-23-44)51(68-58(57)60-2)41-61-35-43-20-8-3-9-21-43/h3-34,42,51-59H,35-41H2,1-2H3/t42-,51+,52+,53-,54+,55-,56-,57+,58+,59-/m0/s1. The van der Waals surface area contributed by atoms with Gasteiger partial charge in [0.15, 0.2) is 12.6 Å². The molecule has 358 valence electrons. The number of fused-ring (bicyclic) bond motifs is 1. The first-order valence-electron chi connectivity index (χ1n) is 23.9. The second-order valence-corrected chi connectivity index (χ2v) is 17.6. The van der Waals surface area contributed by atoms with Crippen LogP contribution in [0, 0.1) is 0 Å². The van der Waals surface area contributed by atoms with Crippen molar-refractivity contribution in [1.82, 2.24) is 0 Å². The average Bonchev–Trinajstić information content (AvgIpc) is 3.40. The highest BCUT2D eigenvalue weighted by Crippen LogP contribution is 2.37. The van der Waals surface area contributed by atoms with E-state index in [4.69, 9.17) is 47.4 Å². The van der Waals surface area contributed by atoms with Gasteiger partial charge in [-0.15, -0.1) is 0 Å². The van der Waals surface area contributed by atoms with Gasteiger partial charge in [0.1, 0.15) is 42.7 Å².